The average molecular weight is 355 g/mol. The summed E-state index contributed by atoms with van der Waals surface area (Å²) < 4.78 is 6.54. The highest BCUT2D eigenvalue weighted by molar-refractivity contribution is 5.77. The largest absolute Gasteiger partial charge is 0.497 e. The lowest BCUT2D eigenvalue weighted by molar-refractivity contribution is 0.415. The molecule has 0 saturated heterocycles. The quantitative estimate of drug-likeness (QED) is 0.571. The number of terminal acetylenes is 1. The van der Waals surface area contributed by atoms with Crippen molar-refractivity contribution in [3.63, 3.8) is 0 Å². The minimum Gasteiger partial charge on any atom is -0.497 e. The van der Waals surface area contributed by atoms with E-state index in [1.807, 2.05) is 61.5 Å². The van der Waals surface area contributed by atoms with E-state index in [4.69, 9.17) is 11.2 Å². The number of rotatable bonds is 3. The van der Waals surface area contributed by atoms with Crippen LogP contribution in [0.2, 0.25) is 0 Å². The smallest absolute Gasteiger partial charge is 0.282 e. The van der Waals surface area contributed by atoms with Crippen molar-refractivity contribution < 1.29 is 4.74 Å². The summed E-state index contributed by atoms with van der Waals surface area (Å²) in [5.41, 5.74) is 4.42. The van der Waals surface area contributed by atoms with E-state index < -0.39 is 0 Å². The molecule has 5 heteroatoms. The maximum absolute atomic E-state index is 13.2. The van der Waals surface area contributed by atoms with E-state index in [9.17, 15) is 4.79 Å². The Morgan fingerprint density at radius 1 is 1.07 bits per heavy atom. The van der Waals surface area contributed by atoms with Crippen LogP contribution in [0.3, 0.4) is 0 Å². The van der Waals surface area contributed by atoms with Crippen molar-refractivity contribution in [2.75, 3.05) is 7.11 Å². The third kappa shape index (κ3) is 2.68. The molecule has 5 nitrogen and oxygen atoms in total. The van der Waals surface area contributed by atoms with Crippen molar-refractivity contribution in [2.45, 2.75) is 6.92 Å². The Morgan fingerprint density at radius 2 is 1.78 bits per heavy atom. The van der Waals surface area contributed by atoms with Crippen molar-refractivity contribution in [1.82, 2.24) is 14.6 Å². The Kier molecular flexibility index (Phi) is 4.02. The number of benzene rings is 2. The number of nitrogens with zero attached hydrogens (tertiary/aromatic N) is 2. The van der Waals surface area contributed by atoms with Crippen LogP contribution in [-0.2, 0) is 0 Å². The minimum atomic E-state index is -0.218. The first-order valence-corrected chi connectivity index (χ1v) is 8.46. The topological polar surface area (TPSA) is 59.4 Å². The highest BCUT2D eigenvalue weighted by atomic mass is 16.5. The number of fused-ring (bicyclic) bond motifs is 1. The van der Waals surface area contributed by atoms with Crippen molar-refractivity contribution in [3.8, 4) is 40.5 Å². The standard InChI is InChI=1S/C22H17N3O2/c1-4-18-20(16-8-6-5-7-9-16)24-25-21(18)23-14(2)19(22(25)26)15-10-12-17(27-3)13-11-15/h1,5-13,23H,2-3H3. The van der Waals surface area contributed by atoms with E-state index in [-0.39, 0.29) is 5.56 Å². The number of hydrogen-bond acceptors (Lipinski definition) is 3. The summed E-state index contributed by atoms with van der Waals surface area (Å²) in [6.07, 6.45) is 5.74. The van der Waals surface area contributed by atoms with Crippen LogP contribution in [0.15, 0.2) is 59.4 Å². The normalized spacial score (nSPS) is 10.7. The van der Waals surface area contributed by atoms with Crippen LogP contribution >= 0.6 is 0 Å². The fourth-order valence-corrected chi connectivity index (χ4v) is 3.22. The molecule has 0 radical (unpaired) electrons. The highest BCUT2D eigenvalue weighted by Gasteiger charge is 2.19. The number of hydrogen-bond donors (Lipinski definition) is 1. The van der Waals surface area contributed by atoms with Gasteiger partial charge >= 0.3 is 0 Å². The van der Waals surface area contributed by atoms with Gasteiger partial charge in [0.25, 0.3) is 5.56 Å². The molecule has 2 aromatic heterocycles. The van der Waals surface area contributed by atoms with Crippen LogP contribution in [-0.4, -0.2) is 21.7 Å². The lowest BCUT2D eigenvalue weighted by atomic mass is 10.1. The van der Waals surface area contributed by atoms with Crippen LogP contribution in [0, 0.1) is 19.3 Å². The number of ether oxygens (including phenoxy) is 1. The van der Waals surface area contributed by atoms with E-state index in [2.05, 4.69) is 16.0 Å². The first-order valence-electron chi connectivity index (χ1n) is 8.46. The van der Waals surface area contributed by atoms with E-state index in [1.165, 1.54) is 4.52 Å². The molecule has 2 heterocycles. The second-order valence-corrected chi connectivity index (χ2v) is 6.15. The number of nitrogens with one attached hydrogen (secondary N) is 1. The van der Waals surface area contributed by atoms with Gasteiger partial charge in [-0.2, -0.15) is 9.61 Å². The zero-order valence-corrected chi connectivity index (χ0v) is 15.0. The number of aromatic amines is 1. The lowest BCUT2D eigenvalue weighted by Gasteiger charge is -2.07. The first kappa shape index (κ1) is 16.7. The Hall–Kier alpha value is -3.78. The molecule has 0 fully saturated rings. The SMILES string of the molecule is C#Cc1c(-c2ccccc2)nn2c(=O)c(-c3ccc(OC)cc3)c(C)[nH]c12. The fraction of sp³-hybridized carbons (Fsp3) is 0.0909. The van der Waals surface area contributed by atoms with Gasteiger partial charge in [-0.25, -0.2) is 0 Å². The van der Waals surface area contributed by atoms with Gasteiger partial charge in [0.15, 0.2) is 5.65 Å². The van der Waals surface area contributed by atoms with Gasteiger partial charge in [-0.3, -0.25) is 4.79 Å². The molecule has 27 heavy (non-hydrogen) atoms. The van der Waals surface area contributed by atoms with Gasteiger partial charge in [0.2, 0.25) is 0 Å². The third-order valence-electron chi connectivity index (χ3n) is 4.54. The van der Waals surface area contributed by atoms with Crippen molar-refractivity contribution in [2.24, 2.45) is 0 Å². The van der Waals surface area contributed by atoms with Gasteiger partial charge in [0.1, 0.15) is 11.4 Å². The van der Waals surface area contributed by atoms with Crippen LogP contribution in [0.5, 0.6) is 5.75 Å². The molecule has 4 rings (SSSR count). The summed E-state index contributed by atoms with van der Waals surface area (Å²) >= 11 is 0. The van der Waals surface area contributed by atoms with Crippen LogP contribution < -0.4 is 10.3 Å². The van der Waals surface area contributed by atoms with E-state index in [0.29, 0.717) is 22.5 Å². The van der Waals surface area contributed by atoms with Gasteiger partial charge in [-0.15, -0.1) is 6.42 Å². The van der Waals surface area contributed by atoms with Crippen molar-refractivity contribution in [3.05, 3.63) is 76.2 Å². The first-order chi connectivity index (χ1) is 13.1. The Balaban J connectivity index is 1.99. The van der Waals surface area contributed by atoms with Crippen LogP contribution in [0.4, 0.5) is 0 Å². The molecule has 0 aliphatic heterocycles. The molecule has 2 aromatic carbocycles. The predicted octanol–water partition coefficient (Wildman–Crippen LogP) is 3.65. The molecule has 0 spiro atoms. The molecule has 4 aromatic rings. The van der Waals surface area contributed by atoms with E-state index in [0.717, 1.165) is 22.6 Å². The second kappa shape index (κ2) is 6.50. The highest BCUT2D eigenvalue weighted by Crippen LogP contribution is 2.26. The van der Waals surface area contributed by atoms with Gasteiger partial charge in [-0.1, -0.05) is 48.4 Å². The molecule has 0 aliphatic carbocycles. The van der Waals surface area contributed by atoms with Crippen LogP contribution in [0.25, 0.3) is 28.0 Å². The minimum absolute atomic E-state index is 0.218. The number of H-pyrrole nitrogens is 1. The summed E-state index contributed by atoms with van der Waals surface area (Å²) in [7, 11) is 1.61. The molecule has 0 amide bonds. The Morgan fingerprint density at radius 3 is 2.41 bits per heavy atom. The number of methoxy groups -OCH3 is 1. The maximum Gasteiger partial charge on any atom is 0.282 e. The number of aromatic nitrogens is 3. The van der Waals surface area contributed by atoms with Gasteiger partial charge in [0, 0.05) is 11.3 Å². The Bertz CT molecular complexity index is 1230. The van der Waals surface area contributed by atoms with Crippen molar-refractivity contribution in [1.29, 1.82) is 0 Å². The van der Waals surface area contributed by atoms with Crippen LogP contribution in [0.1, 0.15) is 11.3 Å². The summed E-state index contributed by atoms with van der Waals surface area (Å²) in [4.78, 5) is 16.5. The molecule has 0 atom stereocenters. The summed E-state index contributed by atoms with van der Waals surface area (Å²) in [5, 5.41) is 4.52. The molecule has 1 N–H and O–H groups in total. The third-order valence-corrected chi connectivity index (χ3v) is 4.54. The average Bonchev–Trinajstić information content (AvgIpc) is 3.08. The maximum atomic E-state index is 13.2. The molecule has 0 bridgehead atoms. The van der Waals surface area contributed by atoms with E-state index in [1.54, 1.807) is 7.11 Å². The van der Waals surface area contributed by atoms with E-state index >= 15 is 0 Å². The van der Waals surface area contributed by atoms with Gasteiger partial charge < -0.3 is 9.72 Å². The zero-order valence-electron chi connectivity index (χ0n) is 15.0. The van der Waals surface area contributed by atoms with Gasteiger partial charge in [0.05, 0.1) is 18.2 Å². The Labute approximate surface area is 156 Å². The molecule has 0 unspecified atom stereocenters. The summed E-state index contributed by atoms with van der Waals surface area (Å²) in [6.45, 7) is 1.86. The fourth-order valence-electron chi connectivity index (χ4n) is 3.22. The molecule has 132 valence electrons. The predicted molar refractivity (Wildman–Crippen MR) is 106 cm³/mol. The summed E-state index contributed by atoms with van der Waals surface area (Å²) in [5.74, 6) is 3.41. The second-order valence-electron chi connectivity index (χ2n) is 6.15. The zero-order chi connectivity index (χ0) is 19.0. The molecule has 0 aliphatic rings. The number of aryl methyl sites for hydroxylation is 1. The summed E-state index contributed by atoms with van der Waals surface area (Å²) in [6, 6.07) is 16.9. The monoisotopic (exact) mass is 355 g/mol. The molecular weight excluding hydrogens is 338 g/mol. The lowest BCUT2D eigenvalue weighted by Crippen LogP contribution is -2.19. The van der Waals surface area contributed by atoms with Gasteiger partial charge in [-0.05, 0) is 24.6 Å². The van der Waals surface area contributed by atoms with Crippen molar-refractivity contribution >= 4 is 5.65 Å². The molecule has 0 saturated carbocycles. The molecular formula is C22H17N3O2.